The number of piperidine rings is 1. The molecule has 1 aromatic heterocycles. The molecule has 0 aliphatic carbocycles. The largest absolute Gasteiger partial charge is 0.497 e. The number of carbonyl (C=O) groups is 2. The molecular weight excluding hydrogens is 438 g/mol. The summed E-state index contributed by atoms with van der Waals surface area (Å²) in [6, 6.07) is 7.34. The molecule has 10 nitrogen and oxygen atoms in total. The number of methoxy groups -OCH3 is 2. The SMILES string of the molecule is CCn1c(C2CCN(C(=O)C3CC(=O)N(c4cccc(OC)c4)C3)CC2)nn(CCOC)c1=O. The lowest BCUT2D eigenvalue weighted by Crippen LogP contribution is -2.42. The van der Waals surface area contributed by atoms with E-state index in [9.17, 15) is 14.4 Å². The minimum Gasteiger partial charge on any atom is -0.497 e. The maximum Gasteiger partial charge on any atom is 0.345 e. The number of hydrogen-bond acceptors (Lipinski definition) is 6. The van der Waals surface area contributed by atoms with Crippen LogP contribution in [0.15, 0.2) is 29.1 Å². The van der Waals surface area contributed by atoms with E-state index >= 15 is 0 Å². The van der Waals surface area contributed by atoms with Gasteiger partial charge in [-0.2, -0.15) is 5.10 Å². The summed E-state index contributed by atoms with van der Waals surface area (Å²) in [6.07, 6.45) is 1.70. The molecule has 2 amide bonds. The van der Waals surface area contributed by atoms with Gasteiger partial charge in [0, 0.05) is 57.4 Å². The van der Waals surface area contributed by atoms with Crippen LogP contribution in [0.5, 0.6) is 5.75 Å². The lowest BCUT2D eigenvalue weighted by atomic mass is 9.94. The Bertz CT molecular complexity index is 1090. The molecule has 0 spiro atoms. The molecule has 0 saturated carbocycles. The van der Waals surface area contributed by atoms with Crippen LogP contribution in [0.25, 0.3) is 0 Å². The van der Waals surface area contributed by atoms with Crippen molar-refractivity contribution in [3.63, 3.8) is 0 Å². The van der Waals surface area contributed by atoms with E-state index in [-0.39, 0.29) is 35.8 Å². The second kappa shape index (κ2) is 10.4. The van der Waals surface area contributed by atoms with Crippen molar-refractivity contribution in [3.8, 4) is 5.75 Å². The summed E-state index contributed by atoms with van der Waals surface area (Å²) in [7, 11) is 3.19. The van der Waals surface area contributed by atoms with Crippen molar-refractivity contribution in [1.82, 2.24) is 19.2 Å². The summed E-state index contributed by atoms with van der Waals surface area (Å²) in [6.45, 7) is 4.92. The molecule has 3 heterocycles. The van der Waals surface area contributed by atoms with Gasteiger partial charge in [0.05, 0.1) is 26.2 Å². The average molecular weight is 472 g/mol. The standard InChI is InChI=1S/C24H33N5O5/c1-4-27-22(25-29(24(27)32)12-13-33-2)17-8-10-26(11-9-17)23(31)18-14-21(30)28(16-18)19-6-5-7-20(15-19)34-3/h5-7,15,17-18H,4,8-14,16H2,1-3H3. The van der Waals surface area contributed by atoms with Gasteiger partial charge in [-0.25, -0.2) is 9.48 Å². The number of carbonyl (C=O) groups excluding carboxylic acids is 2. The Labute approximate surface area is 199 Å². The van der Waals surface area contributed by atoms with Crippen LogP contribution in [0.3, 0.4) is 0 Å². The molecule has 2 aliphatic heterocycles. The number of ether oxygens (including phenoxy) is 2. The maximum absolute atomic E-state index is 13.2. The number of rotatable bonds is 8. The van der Waals surface area contributed by atoms with Crippen LogP contribution in [0.2, 0.25) is 0 Å². The third kappa shape index (κ3) is 4.72. The quantitative estimate of drug-likeness (QED) is 0.578. The highest BCUT2D eigenvalue weighted by Gasteiger charge is 2.38. The minimum atomic E-state index is -0.350. The molecule has 2 saturated heterocycles. The first-order valence-corrected chi connectivity index (χ1v) is 11.9. The lowest BCUT2D eigenvalue weighted by Gasteiger charge is -2.33. The molecule has 34 heavy (non-hydrogen) atoms. The van der Waals surface area contributed by atoms with Crippen molar-refractivity contribution < 1.29 is 19.1 Å². The zero-order valence-corrected chi connectivity index (χ0v) is 20.1. The molecule has 1 aromatic carbocycles. The summed E-state index contributed by atoms with van der Waals surface area (Å²) in [5.74, 6) is 1.22. The second-order valence-electron chi connectivity index (χ2n) is 8.81. The molecule has 10 heteroatoms. The Morgan fingerprint density at radius 3 is 2.62 bits per heavy atom. The predicted octanol–water partition coefficient (Wildman–Crippen LogP) is 1.48. The van der Waals surface area contributed by atoms with E-state index in [0.717, 1.165) is 24.4 Å². The van der Waals surface area contributed by atoms with Gasteiger partial charge in [-0.1, -0.05) is 6.07 Å². The smallest absolute Gasteiger partial charge is 0.345 e. The zero-order chi connectivity index (χ0) is 24.2. The molecule has 2 fully saturated rings. The van der Waals surface area contributed by atoms with Crippen molar-refractivity contribution in [2.45, 2.75) is 45.2 Å². The van der Waals surface area contributed by atoms with E-state index in [1.54, 1.807) is 23.7 Å². The monoisotopic (exact) mass is 471 g/mol. The number of hydrogen-bond donors (Lipinski definition) is 0. The van der Waals surface area contributed by atoms with Gasteiger partial charge >= 0.3 is 5.69 Å². The summed E-state index contributed by atoms with van der Waals surface area (Å²) < 4.78 is 13.5. The van der Waals surface area contributed by atoms with Crippen molar-refractivity contribution in [3.05, 3.63) is 40.6 Å². The number of benzene rings is 1. The first-order valence-electron chi connectivity index (χ1n) is 11.9. The zero-order valence-electron chi connectivity index (χ0n) is 20.1. The summed E-state index contributed by atoms with van der Waals surface area (Å²) in [4.78, 5) is 42.0. The highest BCUT2D eigenvalue weighted by molar-refractivity contribution is 6.00. The second-order valence-corrected chi connectivity index (χ2v) is 8.81. The Balaban J connectivity index is 1.39. The first-order chi connectivity index (χ1) is 16.5. The Morgan fingerprint density at radius 2 is 1.94 bits per heavy atom. The predicted molar refractivity (Wildman–Crippen MR) is 126 cm³/mol. The molecule has 1 atom stereocenters. The van der Waals surface area contributed by atoms with Crippen LogP contribution in [0.1, 0.15) is 37.9 Å². The molecular formula is C24H33N5O5. The Morgan fingerprint density at radius 1 is 1.18 bits per heavy atom. The topological polar surface area (TPSA) is 98.9 Å². The van der Waals surface area contributed by atoms with Gasteiger partial charge in [-0.15, -0.1) is 0 Å². The third-order valence-electron chi connectivity index (χ3n) is 6.79. The highest BCUT2D eigenvalue weighted by Crippen LogP contribution is 2.31. The van der Waals surface area contributed by atoms with Crippen molar-refractivity contribution in [2.24, 2.45) is 5.92 Å². The lowest BCUT2D eigenvalue weighted by molar-refractivity contribution is -0.136. The fraction of sp³-hybridized carbons (Fsp3) is 0.583. The molecule has 0 radical (unpaired) electrons. The number of aromatic nitrogens is 3. The number of nitrogens with zero attached hydrogens (tertiary/aromatic N) is 5. The van der Waals surface area contributed by atoms with Crippen LogP contribution in [-0.4, -0.2) is 71.5 Å². The van der Waals surface area contributed by atoms with E-state index < -0.39 is 0 Å². The van der Waals surface area contributed by atoms with E-state index in [4.69, 9.17) is 9.47 Å². The van der Waals surface area contributed by atoms with E-state index in [0.29, 0.717) is 45.1 Å². The van der Waals surface area contributed by atoms with Gasteiger partial charge < -0.3 is 19.3 Å². The molecule has 0 bridgehead atoms. The molecule has 4 rings (SSSR count). The van der Waals surface area contributed by atoms with Crippen LogP contribution in [0.4, 0.5) is 5.69 Å². The summed E-state index contributed by atoms with van der Waals surface area (Å²) >= 11 is 0. The van der Waals surface area contributed by atoms with E-state index in [1.807, 2.05) is 36.1 Å². The summed E-state index contributed by atoms with van der Waals surface area (Å²) in [5, 5.41) is 4.58. The molecule has 0 N–H and O–H groups in total. The first kappa shape index (κ1) is 24.0. The summed E-state index contributed by atoms with van der Waals surface area (Å²) in [5.41, 5.74) is 0.634. The van der Waals surface area contributed by atoms with E-state index in [1.165, 1.54) is 4.68 Å². The third-order valence-corrected chi connectivity index (χ3v) is 6.79. The van der Waals surface area contributed by atoms with Crippen molar-refractivity contribution >= 4 is 17.5 Å². The van der Waals surface area contributed by atoms with Gasteiger partial charge in [0.25, 0.3) is 0 Å². The fourth-order valence-corrected chi connectivity index (χ4v) is 4.90. The van der Waals surface area contributed by atoms with Crippen LogP contribution >= 0.6 is 0 Å². The van der Waals surface area contributed by atoms with Gasteiger partial charge in [-0.05, 0) is 31.9 Å². The minimum absolute atomic E-state index is 0.0238. The van der Waals surface area contributed by atoms with Gasteiger partial charge in [0.15, 0.2) is 0 Å². The average Bonchev–Trinajstić information content (AvgIpc) is 3.41. The Kier molecular flexibility index (Phi) is 7.35. The van der Waals surface area contributed by atoms with Crippen molar-refractivity contribution in [2.75, 3.05) is 45.4 Å². The number of amides is 2. The molecule has 2 aromatic rings. The Hall–Kier alpha value is -3.14. The van der Waals surface area contributed by atoms with Crippen LogP contribution < -0.4 is 15.3 Å². The number of likely N-dealkylation sites (tertiary alicyclic amines) is 1. The molecule has 2 aliphatic rings. The molecule has 1 unspecified atom stereocenters. The van der Waals surface area contributed by atoms with Gasteiger partial charge in [-0.3, -0.25) is 14.2 Å². The van der Waals surface area contributed by atoms with E-state index in [2.05, 4.69) is 5.10 Å². The highest BCUT2D eigenvalue weighted by atomic mass is 16.5. The van der Waals surface area contributed by atoms with Crippen molar-refractivity contribution in [1.29, 1.82) is 0 Å². The normalized spacial score (nSPS) is 19.1. The van der Waals surface area contributed by atoms with Gasteiger partial charge in [0.2, 0.25) is 11.8 Å². The fourth-order valence-electron chi connectivity index (χ4n) is 4.90. The van der Waals surface area contributed by atoms with Crippen LogP contribution in [-0.2, 0) is 27.4 Å². The van der Waals surface area contributed by atoms with Crippen LogP contribution in [0, 0.1) is 5.92 Å². The number of anilines is 1. The van der Waals surface area contributed by atoms with Gasteiger partial charge in [0.1, 0.15) is 11.6 Å². The molecule has 184 valence electrons. The maximum atomic E-state index is 13.2.